The molecule has 74 valence electrons. The van der Waals surface area contributed by atoms with Gasteiger partial charge in [0.1, 0.15) is 5.58 Å². The molecule has 0 saturated heterocycles. The summed E-state index contributed by atoms with van der Waals surface area (Å²) in [6.07, 6.45) is 0. The molecule has 0 spiro atoms. The van der Waals surface area contributed by atoms with Crippen molar-refractivity contribution in [2.45, 2.75) is 6.92 Å². The van der Waals surface area contributed by atoms with E-state index in [1.54, 1.807) is 0 Å². The van der Waals surface area contributed by atoms with Crippen LogP contribution in [0.1, 0.15) is 5.82 Å². The number of aryl methyl sites for hydroxylation is 1. The predicted molar refractivity (Wildman–Crippen MR) is 57.2 cm³/mol. The average Bonchev–Trinajstić information content (AvgIpc) is 2.57. The molecule has 3 aromatic rings. The van der Waals surface area contributed by atoms with Crippen molar-refractivity contribution in [3.05, 3.63) is 30.1 Å². The van der Waals surface area contributed by atoms with Gasteiger partial charge in [0.25, 0.3) is 5.82 Å². The second-order valence-electron chi connectivity index (χ2n) is 3.51. The van der Waals surface area contributed by atoms with Gasteiger partial charge in [-0.15, -0.1) is 4.98 Å². The van der Waals surface area contributed by atoms with Gasteiger partial charge in [-0.05, 0) is 12.1 Å². The van der Waals surface area contributed by atoms with Crippen molar-refractivity contribution in [2.75, 3.05) is 5.73 Å². The maximum Gasteiger partial charge on any atom is 0.264 e. The molecule has 4 nitrogen and oxygen atoms in total. The first-order valence-corrected chi connectivity index (χ1v) is 4.72. The largest absolute Gasteiger partial charge is 0.446 e. The van der Waals surface area contributed by atoms with E-state index in [2.05, 4.69) is 9.97 Å². The van der Waals surface area contributed by atoms with Crippen LogP contribution in [-0.4, -0.2) is 4.98 Å². The Kier molecular flexibility index (Phi) is 1.48. The van der Waals surface area contributed by atoms with Gasteiger partial charge >= 0.3 is 0 Å². The second kappa shape index (κ2) is 2.70. The number of aromatic amines is 1. The number of nitrogens with one attached hydrogen (secondary N) is 1. The number of nitrogens with two attached hydrogens (primary N) is 1. The van der Waals surface area contributed by atoms with Crippen molar-refractivity contribution in [3.8, 4) is 0 Å². The molecular formula is C11H10N3O+. The number of aromatic nitrogens is 2. The average molecular weight is 200 g/mol. The first kappa shape index (κ1) is 8.23. The molecule has 2 heterocycles. The number of nitrogens with zero attached hydrogens (tertiary/aromatic N) is 1. The monoisotopic (exact) mass is 200 g/mol. The molecule has 0 aliphatic heterocycles. The summed E-state index contributed by atoms with van der Waals surface area (Å²) in [7, 11) is 0. The fourth-order valence-electron chi connectivity index (χ4n) is 1.77. The summed E-state index contributed by atoms with van der Waals surface area (Å²) in [6.45, 7) is 1.87. The van der Waals surface area contributed by atoms with Crippen molar-refractivity contribution < 1.29 is 9.40 Å². The van der Waals surface area contributed by atoms with E-state index in [0.717, 1.165) is 22.3 Å². The lowest BCUT2D eigenvalue weighted by molar-refractivity contribution is -0.373. The summed E-state index contributed by atoms with van der Waals surface area (Å²) >= 11 is 0. The molecule has 0 aliphatic carbocycles. The lowest BCUT2D eigenvalue weighted by Gasteiger charge is -1.88. The number of H-pyrrole nitrogens is 1. The molecule has 0 atom stereocenters. The van der Waals surface area contributed by atoms with E-state index in [1.165, 1.54) is 0 Å². The number of nitrogen functional groups attached to an aromatic ring is 1. The fraction of sp³-hybridized carbons (Fsp3) is 0.0909. The molecule has 3 rings (SSSR count). The topological polar surface area (TPSA) is 66.2 Å². The highest BCUT2D eigenvalue weighted by molar-refractivity contribution is 6.04. The number of benzene rings is 1. The van der Waals surface area contributed by atoms with E-state index < -0.39 is 0 Å². The molecule has 2 aromatic heterocycles. The molecule has 0 fully saturated rings. The third-order valence-corrected chi connectivity index (χ3v) is 2.41. The van der Waals surface area contributed by atoms with Crippen molar-refractivity contribution in [1.29, 1.82) is 0 Å². The van der Waals surface area contributed by atoms with Crippen LogP contribution in [0.3, 0.4) is 0 Å². The minimum absolute atomic E-state index is 0.522. The smallest absolute Gasteiger partial charge is 0.264 e. The van der Waals surface area contributed by atoms with Gasteiger partial charge in [0.2, 0.25) is 11.4 Å². The summed E-state index contributed by atoms with van der Waals surface area (Å²) in [5.74, 6) is 1.31. The molecular weight excluding hydrogens is 190 g/mol. The van der Waals surface area contributed by atoms with Gasteiger partial charge in [0, 0.05) is 6.92 Å². The van der Waals surface area contributed by atoms with E-state index in [9.17, 15) is 0 Å². The zero-order valence-corrected chi connectivity index (χ0v) is 8.24. The van der Waals surface area contributed by atoms with E-state index in [1.807, 2.05) is 31.2 Å². The Balaban J connectivity index is 2.61. The van der Waals surface area contributed by atoms with Gasteiger partial charge in [-0.3, -0.25) is 0 Å². The van der Waals surface area contributed by atoms with Crippen LogP contribution >= 0.6 is 0 Å². The number of fused-ring (bicyclic) bond motifs is 3. The highest BCUT2D eigenvalue weighted by Crippen LogP contribution is 2.28. The Morgan fingerprint density at radius 2 is 2.13 bits per heavy atom. The molecule has 15 heavy (non-hydrogen) atoms. The summed E-state index contributed by atoms with van der Waals surface area (Å²) in [6, 6.07) is 7.78. The molecule has 0 unspecified atom stereocenters. The van der Waals surface area contributed by atoms with Gasteiger partial charge in [0.15, 0.2) is 5.52 Å². The number of para-hydroxylation sites is 1. The predicted octanol–water partition coefficient (Wildman–Crippen LogP) is 1.69. The summed E-state index contributed by atoms with van der Waals surface area (Å²) < 4.78 is 5.62. The van der Waals surface area contributed by atoms with E-state index in [-0.39, 0.29) is 0 Å². The minimum atomic E-state index is 0.522. The van der Waals surface area contributed by atoms with Crippen LogP contribution in [0.25, 0.3) is 22.1 Å². The van der Waals surface area contributed by atoms with Gasteiger partial charge < -0.3 is 10.2 Å². The molecule has 0 saturated carbocycles. The first-order valence-electron chi connectivity index (χ1n) is 4.72. The lowest BCUT2D eigenvalue weighted by atomic mass is 10.2. The van der Waals surface area contributed by atoms with E-state index in [0.29, 0.717) is 11.4 Å². The van der Waals surface area contributed by atoms with Crippen molar-refractivity contribution in [2.24, 2.45) is 0 Å². The maximum absolute atomic E-state index is 5.83. The lowest BCUT2D eigenvalue weighted by Crippen LogP contribution is -2.15. The van der Waals surface area contributed by atoms with Gasteiger partial charge in [-0.1, -0.05) is 12.1 Å². The molecule has 0 aliphatic rings. The third-order valence-electron chi connectivity index (χ3n) is 2.41. The number of furan rings is 1. The second-order valence-corrected chi connectivity index (χ2v) is 3.51. The van der Waals surface area contributed by atoms with Crippen LogP contribution in [0.5, 0.6) is 0 Å². The van der Waals surface area contributed by atoms with Gasteiger partial charge in [-0.25, -0.2) is 4.98 Å². The third kappa shape index (κ3) is 1.08. The van der Waals surface area contributed by atoms with Gasteiger partial charge in [-0.2, -0.15) is 0 Å². The van der Waals surface area contributed by atoms with Crippen molar-refractivity contribution in [1.82, 2.24) is 4.98 Å². The Labute approximate surface area is 85.7 Å². The molecule has 4 heteroatoms. The Morgan fingerprint density at radius 3 is 3.00 bits per heavy atom. The Bertz CT molecular complexity index is 657. The maximum atomic E-state index is 5.83. The highest BCUT2D eigenvalue weighted by Gasteiger charge is 2.16. The summed E-state index contributed by atoms with van der Waals surface area (Å²) in [5, 5.41) is 0.997. The number of anilines is 1. The molecule has 1 aromatic carbocycles. The summed E-state index contributed by atoms with van der Waals surface area (Å²) in [5.41, 5.74) is 8.09. The summed E-state index contributed by atoms with van der Waals surface area (Å²) in [4.78, 5) is 7.34. The highest BCUT2D eigenvalue weighted by atomic mass is 16.3. The standard InChI is InChI=1S/C11H9N3O/c1-6-13-9-7-4-2-3-5-8(7)15-10(9)11(12)14-6/h2-5H,1H3,(H2,12,13,14)/p+1. The zero-order valence-electron chi connectivity index (χ0n) is 8.24. The van der Waals surface area contributed by atoms with Crippen LogP contribution < -0.4 is 10.7 Å². The first-order chi connectivity index (χ1) is 7.25. The fourth-order valence-corrected chi connectivity index (χ4v) is 1.77. The van der Waals surface area contributed by atoms with Crippen LogP contribution in [-0.2, 0) is 0 Å². The number of rotatable bonds is 0. The Hall–Kier alpha value is -2.10. The number of hydrogen-bond donors (Lipinski definition) is 1. The van der Waals surface area contributed by atoms with Crippen LogP contribution in [0, 0.1) is 6.92 Å². The van der Waals surface area contributed by atoms with Crippen LogP contribution in [0.4, 0.5) is 5.82 Å². The Morgan fingerprint density at radius 1 is 1.33 bits per heavy atom. The zero-order chi connectivity index (χ0) is 10.4. The van der Waals surface area contributed by atoms with E-state index >= 15 is 0 Å². The minimum Gasteiger partial charge on any atom is -0.446 e. The molecule has 0 bridgehead atoms. The van der Waals surface area contributed by atoms with Crippen molar-refractivity contribution in [3.63, 3.8) is 0 Å². The number of hydrogen-bond acceptors (Lipinski definition) is 3. The molecule has 3 N–H and O–H groups in total. The van der Waals surface area contributed by atoms with Crippen molar-refractivity contribution >= 4 is 27.9 Å². The van der Waals surface area contributed by atoms with Gasteiger partial charge in [0.05, 0.1) is 5.39 Å². The quantitative estimate of drug-likeness (QED) is 0.600. The molecule has 0 amide bonds. The SMILES string of the molecule is Cc1nc2c(oc3ccccc32)c(N)[nH+]1. The van der Waals surface area contributed by atoms with Crippen LogP contribution in [0.2, 0.25) is 0 Å². The normalized spacial score (nSPS) is 11.3. The van der Waals surface area contributed by atoms with Crippen LogP contribution in [0.15, 0.2) is 28.7 Å². The van der Waals surface area contributed by atoms with E-state index in [4.69, 9.17) is 10.2 Å². The molecule has 0 radical (unpaired) electrons.